The number of nitrogens with one attached hydrogen (secondary N) is 2. The zero-order chi connectivity index (χ0) is 13.1. The highest BCUT2D eigenvalue weighted by Gasteiger charge is 2.13. The second kappa shape index (κ2) is 4.91. The molecule has 2 aromatic rings. The number of carbonyl (C=O) groups excluding carboxylic acids is 1. The van der Waals surface area contributed by atoms with E-state index in [2.05, 4.69) is 15.3 Å². The predicted molar refractivity (Wildman–Crippen MR) is 70.1 cm³/mol. The first-order valence-electron chi connectivity index (χ1n) is 5.73. The van der Waals surface area contributed by atoms with Gasteiger partial charge in [0.15, 0.2) is 0 Å². The van der Waals surface area contributed by atoms with Gasteiger partial charge in [0.25, 0.3) is 5.91 Å². The maximum absolute atomic E-state index is 12.0. The standard InChI is InChI=1S/C13H16N4O/c1-8-5-10(7-11(14)6-8)13(18)17-9(2)12-15-3-4-16-12/h3-7,9H,14H2,1-2H3,(H,15,16)(H,17,18). The third-order valence-corrected chi connectivity index (χ3v) is 2.64. The average molecular weight is 244 g/mol. The summed E-state index contributed by atoms with van der Waals surface area (Å²) in [6.07, 6.45) is 3.38. The number of rotatable bonds is 3. The van der Waals surface area contributed by atoms with Crippen molar-refractivity contribution in [2.24, 2.45) is 0 Å². The summed E-state index contributed by atoms with van der Waals surface area (Å²) in [4.78, 5) is 19.1. The van der Waals surface area contributed by atoms with E-state index in [1.54, 1.807) is 24.5 Å². The number of nitrogen functional groups attached to an aromatic ring is 1. The highest BCUT2D eigenvalue weighted by Crippen LogP contribution is 2.13. The van der Waals surface area contributed by atoms with Gasteiger partial charge in [0, 0.05) is 23.6 Å². The van der Waals surface area contributed by atoms with Crippen molar-refractivity contribution in [3.05, 3.63) is 47.5 Å². The van der Waals surface area contributed by atoms with Crippen molar-refractivity contribution in [1.29, 1.82) is 0 Å². The second-order valence-electron chi connectivity index (χ2n) is 4.30. The van der Waals surface area contributed by atoms with Crippen LogP contribution in [0.3, 0.4) is 0 Å². The first-order valence-corrected chi connectivity index (χ1v) is 5.73. The molecule has 2 rings (SSSR count). The minimum absolute atomic E-state index is 0.158. The number of aromatic nitrogens is 2. The molecule has 0 aliphatic rings. The van der Waals surface area contributed by atoms with Crippen molar-refractivity contribution in [2.45, 2.75) is 19.9 Å². The lowest BCUT2D eigenvalue weighted by molar-refractivity contribution is 0.0938. The van der Waals surface area contributed by atoms with E-state index in [1.165, 1.54) is 0 Å². The minimum Gasteiger partial charge on any atom is -0.399 e. The molecule has 1 atom stereocenters. The number of imidazole rings is 1. The molecule has 5 nitrogen and oxygen atoms in total. The van der Waals surface area contributed by atoms with E-state index in [4.69, 9.17) is 5.73 Å². The molecule has 0 aliphatic heterocycles. The number of carbonyl (C=O) groups is 1. The van der Waals surface area contributed by atoms with E-state index in [0.717, 1.165) is 11.4 Å². The van der Waals surface area contributed by atoms with E-state index in [-0.39, 0.29) is 11.9 Å². The largest absolute Gasteiger partial charge is 0.399 e. The molecule has 0 fully saturated rings. The van der Waals surface area contributed by atoms with Gasteiger partial charge in [-0.25, -0.2) is 4.98 Å². The van der Waals surface area contributed by atoms with E-state index < -0.39 is 0 Å². The number of anilines is 1. The van der Waals surface area contributed by atoms with Crippen molar-refractivity contribution < 1.29 is 4.79 Å². The zero-order valence-corrected chi connectivity index (χ0v) is 10.4. The number of H-pyrrole nitrogens is 1. The van der Waals surface area contributed by atoms with Crippen LogP contribution in [0.4, 0.5) is 5.69 Å². The molecule has 0 radical (unpaired) electrons. The number of aromatic amines is 1. The lowest BCUT2D eigenvalue weighted by atomic mass is 10.1. The van der Waals surface area contributed by atoms with Gasteiger partial charge in [0.2, 0.25) is 0 Å². The first-order chi connectivity index (χ1) is 8.56. The number of nitrogens with two attached hydrogens (primary N) is 1. The number of aryl methyl sites for hydroxylation is 1. The predicted octanol–water partition coefficient (Wildman–Crippen LogP) is 1.79. The lowest BCUT2D eigenvalue weighted by Gasteiger charge is -2.12. The molecule has 0 bridgehead atoms. The first kappa shape index (κ1) is 12.2. The summed E-state index contributed by atoms with van der Waals surface area (Å²) in [5, 5.41) is 2.86. The third-order valence-electron chi connectivity index (χ3n) is 2.64. The number of hydrogen-bond acceptors (Lipinski definition) is 3. The van der Waals surface area contributed by atoms with E-state index in [0.29, 0.717) is 11.3 Å². The SMILES string of the molecule is Cc1cc(N)cc(C(=O)NC(C)c2ncc[nH]2)c1. The van der Waals surface area contributed by atoms with Gasteiger partial charge in [0.1, 0.15) is 5.82 Å². The Kier molecular flexibility index (Phi) is 3.32. The molecule has 1 heterocycles. The molecule has 4 N–H and O–H groups in total. The van der Waals surface area contributed by atoms with Crippen molar-refractivity contribution >= 4 is 11.6 Å². The number of amides is 1. The summed E-state index contributed by atoms with van der Waals surface area (Å²) in [5.41, 5.74) is 7.84. The normalized spacial score (nSPS) is 12.1. The van der Waals surface area contributed by atoms with Crippen molar-refractivity contribution in [3.8, 4) is 0 Å². The minimum atomic E-state index is -0.172. The third kappa shape index (κ3) is 2.68. The van der Waals surface area contributed by atoms with Gasteiger partial charge in [-0.05, 0) is 37.6 Å². The molecule has 1 aromatic carbocycles. The summed E-state index contributed by atoms with van der Waals surface area (Å²) in [7, 11) is 0. The fourth-order valence-electron chi connectivity index (χ4n) is 1.81. The zero-order valence-electron chi connectivity index (χ0n) is 10.4. The van der Waals surface area contributed by atoms with Gasteiger partial charge in [0.05, 0.1) is 6.04 Å². The van der Waals surface area contributed by atoms with Gasteiger partial charge in [-0.3, -0.25) is 4.79 Å². The van der Waals surface area contributed by atoms with Crippen molar-refractivity contribution in [3.63, 3.8) is 0 Å². The van der Waals surface area contributed by atoms with Crippen LogP contribution in [0.25, 0.3) is 0 Å². The van der Waals surface area contributed by atoms with Crippen LogP contribution >= 0.6 is 0 Å². The van der Waals surface area contributed by atoms with Gasteiger partial charge in [-0.15, -0.1) is 0 Å². The fraction of sp³-hybridized carbons (Fsp3) is 0.231. The van der Waals surface area contributed by atoms with Gasteiger partial charge in [-0.2, -0.15) is 0 Å². The summed E-state index contributed by atoms with van der Waals surface area (Å²) in [5.74, 6) is 0.568. The molecule has 0 saturated heterocycles. The van der Waals surface area contributed by atoms with Gasteiger partial charge >= 0.3 is 0 Å². The smallest absolute Gasteiger partial charge is 0.251 e. The Morgan fingerprint density at radius 1 is 1.44 bits per heavy atom. The topological polar surface area (TPSA) is 83.8 Å². The average Bonchev–Trinajstić information content (AvgIpc) is 2.80. The maximum atomic E-state index is 12.0. The summed E-state index contributed by atoms with van der Waals surface area (Å²) in [6, 6.07) is 5.12. The van der Waals surface area contributed by atoms with Crippen LogP contribution in [0.2, 0.25) is 0 Å². The molecule has 0 spiro atoms. The molecule has 1 unspecified atom stereocenters. The Hall–Kier alpha value is -2.30. The Labute approximate surface area is 105 Å². The Morgan fingerprint density at radius 3 is 2.83 bits per heavy atom. The van der Waals surface area contributed by atoms with Gasteiger partial charge in [-0.1, -0.05) is 0 Å². The molecule has 1 amide bonds. The highest BCUT2D eigenvalue weighted by atomic mass is 16.1. The number of nitrogens with zero attached hydrogens (tertiary/aromatic N) is 1. The molecular formula is C13H16N4O. The highest BCUT2D eigenvalue weighted by molar-refractivity contribution is 5.95. The Morgan fingerprint density at radius 2 is 2.22 bits per heavy atom. The monoisotopic (exact) mass is 244 g/mol. The molecule has 94 valence electrons. The van der Waals surface area contributed by atoms with E-state index >= 15 is 0 Å². The quantitative estimate of drug-likeness (QED) is 0.720. The van der Waals surface area contributed by atoms with Crippen LogP contribution in [0.15, 0.2) is 30.6 Å². The number of benzene rings is 1. The molecule has 1 aromatic heterocycles. The number of hydrogen-bond donors (Lipinski definition) is 3. The summed E-state index contributed by atoms with van der Waals surface area (Å²) in [6.45, 7) is 3.78. The lowest BCUT2D eigenvalue weighted by Crippen LogP contribution is -2.27. The van der Waals surface area contributed by atoms with Crippen LogP contribution in [-0.2, 0) is 0 Å². The summed E-state index contributed by atoms with van der Waals surface area (Å²) < 4.78 is 0. The molecule has 18 heavy (non-hydrogen) atoms. The molecule has 0 saturated carbocycles. The molecule has 0 aliphatic carbocycles. The summed E-state index contributed by atoms with van der Waals surface area (Å²) >= 11 is 0. The molecule has 5 heteroatoms. The van der Waals surface area contributed by atoms with Crippen LogP contribution in [0.1, 0.15) is 34.7 Å². The van der Waals surface area contributed by atoms with Crippen LogP contribution < -0.4 is 11.1 Å². The fourth-order valence-corrected chi connectivity index (χ4v) is 1.81. The van der Waals surface area contributed by atoms with E-state index in [1.807, 2.05) is 19.9 Å². The van der Waals surface area contributed by atoms with Crippen LogP contribution in [-0.4, -0.2) is 15.9 Å². The van der Waals surface area contributed by atoms with Crippen LogP contribution in [0, 0.1) is 6.92 Å². The Balaban J connectivity index is 2.12. The van der Waals surface area contributed by atoms with Crippen molar-refractivity contribution in [1.82, 2.24) is 15.3 Å². The van der Waals surface area contributed by atoms with Gasteiger partial charge < -0.3 is 16.0 Å². The second-order valence-corrected chi connectivity index (χ2v) is 4.30. The van der Waals surface area contributed by atoms with Crippen molar-refractivity contribution in [2.75, 3.05) is 5.73 Å². The maximum Gasteiger partial charge on any atom is 0.251 e. The Bertz CT molecular complexity index is 528. The van der Waals surface area contributed by atoms with Crippen LogP contribution in [0.5, 0.6) is 0 Å². The van der Waals surface area contributed by atoms with E-state index in [9.17, 15) is 4.79 Å². The molecular weight excluding hydrogens is 228 g/mol.